The SMILES string of the molecule is O=C(Cn1c2ccccc2c(=O)c2ccccc21)Nc1ccnn1C1CCCC1. The zero-order valence-corrected chi connectivity index (χ0v) is 16.0. The highest BCUT2D eigenvalue weighted by atomic mass is 16.2. The number of nitrogens with zero attached hydrogens (tertiary/aromatic N) is 3. The highest BCUT2D eigenvalue weighted by Gasteiger charge is 2.21. The van der Waals surface area contributed by atoms with Crippen molar-refractivity contribution in [3.63, 3.8) is 0 Å². The van der Waals surface area contributed by atoms with E-state index in [2.05, 4.69) is 10.4 Å². The van der Waals surface area contributed by atoms with Gasteiger partial charge in [-0.2, -0.15) is 5.10 Å². The van der Waals surface area contributed by atoms with E-state index in [1.807, 2.05) is 63.8 Å². The van der Waals surface area contributed by atoms with Gasteiger partial charge in [0.1, 0.15) is 12.4 Å². The molecular formula is C23H22N4O2. The quantitative estimate of drug-likeness (QED) is 0.537. The Hall–Kier alpha value is -3.41. The molecule has 1 N–H and O–H groups in total. The van der Waals surface area contributed by atoms with Gasteiger partial charge in [-0.15, -0.1) is 0 Å². The molecule has 146 valence electrons. The molecule has 2 heterocycles. The Morgan fingerprint density at radius 3 is 2.24 bits per heavy atom. The Kier molecular flexibility index (Phi) is 4.39. The van der Waals surface area contributed by atoms with Gasteiger partial charge in [0.25, 0.3) is 0 Å². The largest absolute Gasteiger partial charge is 0.331 e. The van der Waals surface area contributed by atoms with E-state index in [0.29, 0.717) is 16.8 Å². The number of fused-ring (bicyclic) bond motifs is 2. The maximum absolute atomic E-state index is 13.0. The molecule has 0 aliphatic heterocycles. The molecule has 1 amide bonds. The summed E-state index contributed by atoms with van der Waals surface area (Å²) in [5, 5.41) is 8.69. The van der Waals surface area contributed by atoms with E-state index in [9.17, 15) is 9.59 Å². The third-order valence-electron chi connectivity index (χ3n) is 5.79. The number of rotatable bonds is 4. The summed E-state index contributed by atoms with van der Waals surface area (Å²) < 4.78 is 3.85. The van der Waals surface area contributed by atoms with Crippen molar-refractivity contribution in [1.82, 2.24) is 14.3 Å². The number of hydrogen-bond donors (Lipinski definition) is 1. The van der Waals surface area contributed by atoms with E-state index in [4.69, 9.17) is 0 Å². The molecule has 1 fully saturated rings. The number of carbonyl (C=O) groups is 1. The first-order valence-electron chi connectivity index (χ1n) is 10.1. The first-order valence-corrected chi connectivity index (χ1v) is 10.1. The van der Waals surface area contributed by atoms with Crippen LogP contribution in [0.2, 0.25) is 0 Å². The number of benzene rings is 2. The normalized spacial score (nSPS) is 14.6. The highest BCUT2D eigenvalue weighted by molar-refractivity contribution is 5.96. The summed E-state index contributed by atoms with van der Waals surface area (Å²) in [6, 6.07) is 17.1. The molecule has 1 saturated carbocycles. The lowest BCUT2D eigenvalue weighted by Gasteiger charge is -2.17. The molecule has 0 unspecified atom stereocenters. The van der Waals surface area contributed by atoms with Crippen molar-refractivity contribution in [3.8, 4) is 0 Å². The van der Waals surface area contributed by atoms with Crippen LogP contribution in [-0.2, 0) is 11.3 Å². The van der Waals surface area contributed by atoms with Crippen LogP contribution in [0.15, 0.2) is 65.6 Å². The predicted octanol–water partition coefficient (Wildman–Crippen LogP) is 4.11. The average molecular weight is 386 g/mol. The summed E-state index contributed by atoms with van der Waals surface area (Å²) in [4.78, 5) is 25.8. The lowest BCUT2D eigenvalue weighted by Crippen LogP contribution is -2.23. The topological polar surface area (TPSA) is 68.9 Å². The number of para-hydroxylation sites is 2. The second-order valence-corrected chi connectivity index (χ2v) is 7.60. The summed E-state index contributed by atoms with van der Waals surface area (Å²) >= 11 is 0. The molecule has 1 aliphatic carbocycles. The van der Waals surface area contributed by atoms with E-state index in [1.165, 1.54) is 12.8 Å². The molecule has 4 aromatic rings. The minimum absolute atomic E-state index is 0.00725. The first-order chi connectivity index (χ1) is 14.2. The lowest BCUT2D eigenvalue weighted by molar-refractivity contribution is -0.116. The van der Waals surface area contributed by atoms with Gasteiger partial charge in [0, 0.05) is 16.8 Å². The van der Waals surface area contributed by atoms with Gasteiger partial charge in [0.15, 0.2) is 5.43 Å². The standard InChI is InChI=1S/C23H22N4O2/c28-22(25-21-13-14-24-27(21)16-7-1-2-8-16)15-26-19-11-5-3-9-17(19)23(29)18-10-4-6-12-20(18)26/h3-6,9-14,16H,1-2,7-8,15H2,(H,25,28). The van der Waals surface area contributed by atoms with E-state index in [1.54, 1.807) is 6.20 Å². The van der Waals surface area contributed by atoms with Crippen LogP contribution in [0.5, 0.6) is 0 Å². The predicted molar refractivity (Wildman–Crippen MR) is 114 cm³/mol. The lowest BCUT2D eigenvalue weighted by atomic mass is 10.1. The smallest absolute Gasteiger partial charge is 0.245 e. The van der Waals surface area contributed by atoms with Crippen molar-refractivity contribution >= 4 is 33.5 Å². The van der Waals surface area contributed by atoms with Gasteiger partial charge in [0.2, 0.25) is 5.91 Å². The van der Waals surface area contributed by atoms with E-state index in [-0.39, 0.29) is 17.9 Å². The molecule has 29 heavy (non-hydrogen) atoms. The number of aromatic nitrogens is 3. The summed E-state index contributed by atoms with van der Waals surface area (Å²) in [7, 11) is 0. The van der Waals surface area contributed by atoms with Crippen LogP contribution in [0.25, 0.3) is 21.8 Å². The molecule has 0 atom stereocenters. The summed E-state index contributed by atoms with van der Waals surface area (Å²) in [5.74, 6) is 0.597. The number of carbonyl (C=O) groups excluding carboxylic acids is 1. The number of anilines is 1. The number of hydrogen-bond acceptors (Lipinski definition) is 3. The number of pyridine rings is 1. The van der Waals surface area contributed by atoms with E-state index < -0.39 is 0 Å². The molecular weight excluding hydrogens is 364 g/mol. The van der Waals surface area contributed by atoms with Gasteiger partial charge < -0.3 is 9.88 Å². The Morgan fingerprint density at radius 2 is 1.59 bits per heavy atom. The minimum Gasteiger partial charge on any atom is -0.331 e. The van der Waals surface area contributed by atoms with Gasteiger partial charge in [-0.05, 0) is 37.1 Å². The van der Waals surface area contributed by atoms with E-state index >= 15 is 0 Å². The zero-order valence-electron chi connectivity index (χ0n) is 16.0. The third kappa shape index (κ3) is 3.10. The van der Waals surface area contributed by atoms with Gasteiger partial charge >= 0.3 is 0 Å². The second-order valence-electron chi connectivity index (χ2n) is 7.60. The molecule has 5 rings (SSSR count). The van der Waals surface area contributed by atoms with Crippen molar-refractivity contribution in [3.05, 3.63) is 71.0 Å². The summed E-state index contributed by atoms with van der Waals surface area (Å²) in [5.41, 5.74) is 1.51. The Labute approximate surface area is 167 Å². The number of nitrogens with one attached hydrogen (secondary N) is 1. The monoisotopic (exact) mass is 386 g/mol. The fourth-order valence-electron chi connectivity index (χ4n) is 4.43. The van der Waals surface area contributed by atoms with Crippen LogP contribution in [-0.4, -0.2) is 20.3 Å². The maximum atomic E-state index is 13.0. The Bertz CT molecular complexity index is 1200. The van der Waals surface area contributed by atoms with Gasteiger partial charge in [-0.25, -0.2) is 4.68 Å². The second kappa shape index (κ2) is 7.20. The summed E-state index contributed by atoms with van der Waals surface area (Å²) in [6.07, 6.45) is 6.33. The third-order valence-corrected chi connectivity index (χ3v) is 5.79. The van der Waals surface area contributed by atoms with Gasteiger partial charge in [-0.3, -0.25) is 9.59 Å². The van der Waals surface area contributed by atoms with Gasteiger partial charge in [-0.1, -0.05) is 37.1 Å². The fourth-order valence-corrected chi connectivity index (χ4v) is 4.43. The van der Waals surface area contributed by atoms with Crippen molar-refractivity contribution in [1.29, 1.82) is 0 Å². The van der Waals surface area contributed by atoms with Crippen molar-refractivity contribution < 1.29 is 4.79 Å². The van der Waals surface area contributed by atoms with Crippen molar-refractivity contribution in [2.75, 3.05) is 5.32 Å². The van der Waals surface area contributed by atoms with Gasteiger partial charge in [0.05, 0.1) is 23.3 Å². The maximum Gasteiger partial charge on any atom is 0.245 e. The molecule has 2 aromatic heterocycles. The fraction of sp³-hybridized carbons (Fsp3) is 0.261. The van der Waals surface area contributed by atoms with E-state index in [0.717, 1.165) is 29.7 Å². The molecule has 0 radical (unpaired) electrons. The van der Waals surface area contributed by atoms with Crippen LogP contribution in [0.1, 0.15) is 31.7 Å². The first kappa shape index (κ1) is 17.7. The van der Waals surface area contributed by atoms with Crippen molar-refractivity contribution in [2.45, 2.75) is 38.3 Å². The summed E-state index contributed by atoms with van der Waals surface area (Å²) in [6.45, 7) is 0.122. The van der Waals surface area contributed by atoms with Crippen LogP contribution in [0.3, 0.4) is 0 Å². The molecule has 0 bridgehead atoms. The molecule has 0 spiro atoms. The Balaban J connectivity index is 1.52. The van der Waals surface area contributed by atoms with Crippen molar-refractivity contribution in [2.24, 2.45) is 0 Å². The van der Waals surface area contributed by atoms with Crippen LogP contribution < -0.4 is 10.7 Å². The average Bonchev–Trinajstić information content (AvgIpc) is 3.43. The molecule has 6 heteroatoms. The molecule has 2 aromatic carbocycles. The molecule has 0 saturated heterocycles. The number of amides is 1. The highest BCUT2D eigenvalue weighted by Crippen LogP contribution is 2.31. The zero-order chi connectivity index (χ0) is 19.8. The Morgan fingerprint density at radius 1 is 0.966 bits per heavy atom. The van der Waals surface area contributed by atoms with Crippen LogP contribution in [0.4, 0.5) is 5.82 Å². The van der Waals surface area contributed by atoms with Crippen LogP contribution >= 0.6 is 0 Å². The van der Waals surface area contributed by atoms with Crippen LogP contribution in [0, 0.1) is 0 Å². The molecule has 1 aliphatic rings. The molecule has 6 nitrogen and oxygen atoms in total. The minimum atomic E-state index is -0.135.